The molecule has 0 aliphatic heterocycles. The van der Waals surface area contributed by atoms with Crippen molar-refractivity contribution in [2.24, 2.45) is 0 Å². The third kappa shape index (κ3) is 4.86. The maximum absolute atomic E-state index is 5.21. The summed E-state index contributed by atoms with van der Waals surface area (Å²) < 4.78 is 2.38. The van der Waals surface area contributed by atoms with Crippen molar-refractivity contribution in [1.29, 1.82) is 0 Å². The van der Waals surface area contributed by atoms with Gasteiger partial charge in [-0.2, -0.15) is 0 Å². The molecule has 238 valence electrons. The SMILES string of the molecule is c1ccc(-c2nc(-c3cccc(-n4c5ccccc5c5c6c(ccc54)c(-c4ccccc4)nc4ccccc46)c3)cc(-c3ccccn3)n2)cc1. The van der Waals surface area contributed by atoms with Crippen molar-refractivity contribution in [2.75, 3.05) is 0 Å². The summed E-state index contributed by atoms with van der Waals surface area (Å²) in [4.78, 5) is 19.9. The largest absolute Gasteiger partial charge is 0.309 e. The van der Waals surface area contributed by atoms with E-state index in [9.17, 15) is 0 Å². The molecule has 0 amide bonds. The normalized spacial score (nSPS) is 11.5. The lowest BCUT2D eigenvalue weighted by Gasteiger charge is -2.13. The van der Waals surface area contributed by atoms with Gasteiger partial charge in [-0.25, -0.2) is 15.0 Å². The summed E-state index contributed by atoms with van der Waals surface area (Å²) in [5.41, 5.74) is 10.8. The molecule has 5 nitrogen and oxygen atoms in total. The van der Waals surface area contributed by atoms with Crippen LogP contribution in [-0.4, -0.2) is 24.5 Å². The van der Waals surface area contributed by atoms with Gasteiger partial charge in [-0.05, 0) is 48.5 Å². The van der Waals surface area contributed by atoms with Crippen LogP contribution in [0.5, 0.6) is 0 Å². The fraction of sp³-hybridized carbons (Fsp3) is 0. The zero-order valence-corrected chi connectivity index (χ0v) is 27.5. The molecule has 0 saturated heterocycles. The average Bonchev–Trinajstić information content (AvgIpc) is 3.56. The Labute approximate surface area is 294 Å². The smallest absolute Gasteiger partial charge is 0.160 e. The molecule has 10 aromatic rings. The standard InChI is InChI=1S/C46H29N5/c1-3-14-30(15-4-1)45-36-25-26-42-44(43(36)34-20-7-9-22-37(34)48-45)35-21-8-10-24-41(35)51(42)33-19-13-18-32(28-33)39-29-40(38-23-11-12-27-47-38)50-46(49-39)31-16-5-2-6-17-31/h1-29H. The molecular formula is C46H29N5. The summed E-state index contributed by atoms with van der Waals surface area (Å²) in [5.74, 6) is 0.664. The number of rotatable bonds is 5. The number of benzene rings is 6. The highest BCUT2D eigenvalue weighted by atomic mass is 15.0. The van der Waals surface area contributed by atoms with Gasteiger partial charge in [0, 0.05) is 55.5 Å². The molecule has 10 rings (SSSR count). The first-order valence-electron chi connectivity index (χ1n) is 17.1. The highest BCUT2D eigenvalue weighted by Gasteiger charge is 2.20. The Morgan fingerprint density at radius 2 is 1.10 bits per heavy atom. The van der Waals surface area contributed by atoms with E-state index in [2.05, 4.69) is 125 Å². The minimum atomic E-state index is 0.664. The van der Waals surface area contributed by atoms with E-state index in [4.69, 9.17) is 15.0 Å². The number of hydrogen-bond acceptors (Lipinski definition) is 4. The number of para-hydroxylation sites is 2. The van der Waals surface area contributed by atoms with Crippen LogP contribution in [-0.2, 0) is 0 Å². The number of fused-ring (bicyclic) bond motifs is 7. The summed E-state index contributed by atoms with van der Waals surface area (Å²) in [5, 5.41) is 5.91. The van der Waals surface area contributed by atoms with Crippen LogP contribution in [0.3, 0.4) is 0 Å². The Balaban J connectivity index is 1.23. The zero-order valence-electron chi connectivity index (χ0n) is 27.5. The number of pyridine rings is 2. The van der Waals surface area contributed by atoms with Crippen molar-refractivity contribution in [3.8, 4) is 51.0 Å². The van der Waals surface area contributed by atoms with Gasteiger partial charge in [0.25, 0.3) is 0 Å². The molecule has 4 aromatic heterocycles. The molecular weight excluding hydrogens is 623 g/mol. The first-order chi connectivity index (χ1) is 25.3. The van der Waals surface area contributed by atoms with Crippen molar-refractivity contribution in [1.82, 2.24) is 24.5 Å². The Hall–Kier alpha value is -6.98. The van der Waals surface area contributed by atoms with Gasteiger partial charge in [-0.15, -0.1) is 0 Å². The van der Waals surface area contributed by atoms with Crippen LogP contribution in [0.2, 0.25) is 0 Å². The molecule has 0 fully saturated rings. The van der Waals surface area contributed by atoms with Crippen LogP contribution in [0.15, 0.2) is 176 Å². The van der Waals surface area contributed by atoms with Crippen LogP contribution >= 0.6 is 0 Å². The van der Waals surface area contributed by atoms with Gasteiger partial charge >= 0.3 is 0 Å². The van der Waals surface area contributed by atoms with Crippen LogP contribution in [0, 0.1) is 0 Å². The van der Waals surface area contributed by atoms with Gasteiger partial charge in [0.05, 0.1) is 39.3 Å². The molecule has 0 bridgehead atoms. The number of aromatic nitrogens is 5. The number of nitrogens with zero attached hydrogens (tertiary/aromatic N) is 5. The van der Waals surface area contributed by atoms with Crippen LogP contribution < -0.4 is 0 Å². The van der Waals surface area contributed by atoms with Gasteiger partial charge in [0.1, 0.15) is 0 Å². The molecule has 4 heterocycles. The third-order valence-electron chi connectivity index (χ3n) is 9.63. The monoisotopic (exact) mass is 651 g/mol. The Kier molecular flexibility index (Phi) is 6.74. The third-order valence-corrected chi connectivity index (χ3v) is 9.63. The molecule has 0 N–H and O–H groups in total. The van der Waals surface area contributed by atoms with E-state index in [0.717, 1.165) is 72.5 Å². The maximum atomic E-state index is 5.21. The van der Waals surface area contributed by atoms with E-state index in [-0.39, 0.29) is 0 Å². The van der Waals surface area contributed by atoms with Crippen molar-refractivity contribution in [3.63, 3.8) is 0 Å². The van der Waals surface area contributed by atoms with Crippen molar-refractivity contribution < 1.29 is 0 Å². The van der Waals surface area contributed by atoms with Crippen LogP contribution in [0.25, 0.3) is 94.5 Å². The molecule has 0 radical (unpaired) electrons. The van der Waals surface area contributed by atoms with Crippen LogP contribution in [0.4, 0.5) is 0 Å². The van der Waals surface area contributed by atoms with E-state index in [1.165, 1.54) is 16.2 Å². The fourth-order valence-corrected chi connectivity index (χ4v) is 7.36. The maximum Gasteiger partial charge on any atom is 0.160 e. The predicted octanol–water partition coefficient (Wildman–Crippen LogP) is 11.3. The second kappa shape index (κ2) is 11.9. The summed E-state index contributed by atoms with van der Waals surface area (Å²) in [6.45, 7) is 0. The summed E-state index contributed by atoms with van der Waals surface area (Å²) in [6, 6.07) is 58.9. The van der Waals surface area contributed by atoms with Crippen molar-refractivity contribution >= 4 is 43.5 Å². The average molecular weight is 652 g/mol. The second-order valence-electron chi connectivity index (χ2n) is 12.7. The lowest BCUT2D eigenvalue weighted by atomic mass is 9.96. The predicted molar refractivity (Wildman–Crippen MR) is 209 cm³/mol. The van der Waals surface area contributed by atoms with Gasteiger partial charge < -0.3 is 4.57 Å². The molecule has 0 atom stereocenters. The molecule has 0 aliphatic rings. The number of hydrogen-bond donors (Lipinski definition) is 0. The van der Waals surface area contributed by atoms with E-state index in [0.29, 0.717) is 5.82 Å². The molecule has 0 unspecified atom stereocenters. The first kappa shape index (κ1) is 29.0. The second-order valence-corrected chi connectivity index (χ2v) is 12.7. The van der Waals surface area contributed by atoms with E-state index in [1.807, 2.05) is 54.6 Å². The molecule has 0 aliphatic carbocycles. The van der Waals surface area contributed by atoms with E-state index >= 15 is 0 Å². The van der Waals surface area contributed by atoms with Gasteiger partial charge in [0.15, 0.2) is 5.82 Å². The molecule has 0 saturated carbocycles. The van der Waals surface area contributed by atoms with Gasteiger partial charge in [-0.1, -0.05) is 121 Å². The first-order valence-corrected chi connectivity index (χ1v) is 17.1. The quantitative estimate of drug-likeness (QED) is 0.174. The van der Waals surface area contributed by atoms with E-state index in [1.54, 1.807) is 6.20 Å². The molecule has 6 aromatic carbocycles. The Morgan fingerprint density at radius 1 is 0.392 bits per heavy atom. The zero-order chi connectivity index (χ0) is 33.7. The van der Waals surface area contributed by atoms with Gasteiger partial charge in [-0.3, -0.25) is 4.98 Å². The molecule has 5 heteroatoms. The topological polar surface area (TPSA) is 56.5 Å². The molecule has 0 spiro atoms. The fourth-order valence-electron chi connectivity index (χ4n) is 7.36. The minimum Gasteiger partial charge on any atom is -0.309 e. The van der Waals surface area contributed by atoms with Gasteiger partial charge in [0.2, 0.25) is 0 Å². The highest BCUT2D eigenvalue weighted by molar-refractivity contribution is 6.29. The lowest BCUT2D eigenvalue weighted by molar-refractivity contribution is 1.15. The Morgan fingerprint density at radius 3 is 1.92 bits per heavy atom. The van der Waals surface area contributed by atoms with Crippen molar-refractivity contribution in [3.05, 3.63) is 176 Å². The molecule has 51 heavy (non-hydrogen) atoms. The summed E-state index contributed by atoms with van der Waals surface area (Å²) in [7, 11) is 0. The van der Waals surface area contributed by atoms with Crippen molar-refractivity contribution in [2.45, 2.75) is 0 Å². The summed E-state index contributed by atoms with van der Waals surface area (Å²) >= 11 is 0. The lowest BCUT2D eigenvalue weighted by Crippen LogP contribution is -1.98. The van der Waals surface area contributed by atoms with Crippen LogP contribution in [0.1, 0.15) is 0 Å². The highest BCUT2D eigenvalue weighted by Crippen LogP contribution is 2.42. The Bertz CT molecular complexity index is 2840. The van der Waals surface area contributed by atoms with E-state index < -0.39 is 0 Å². The summed E-state index contributed by atoms with van der Waals surface area (Å²) in [6.07, 6.45) is 1.80. The minimum absolute atomic E-state index is 0.664.